The van der Waals surface area contributed by atoms with Gasteiger partial charge in [-0.15, -0.1) is 0 Å². The Morgan fingerprint density at radius 2 is 1.81 bits per heavy atom. The smallest absolute Gasteiger partial charge is 0.335 e. The summed E-state index contributed by atoms with van der Waals surface area (Å²) in [7, 11) is 1.46. The Morgan fingerprint density at radius 3 is 2.46 bits per heavy atom. The number of imide groups is 2. The first-order valence-electron chi connectivity index (χ1n) is 7.41. The third-order valence-electron chi connectivity index (χ3n) is 3.68. The van der Waals surface area contributed by atoms with E-state index in [4.69, 9.17) is 4.74 Å². The number of barbiturate groups is 1. The molecule has 1 heterocycles. The molecule has 1 saturated heterocycles. The maximum atomic E-state index is 13.1. The third-order valence-corrected chi connectivity index (χ3v) is 4.17. The molecule has 0 saturated carbocycles. The minimum Gasteiger partial charge on any atom is -0.496 e. The highest BCUT2D eigenvalue weighted by molar-refractivity contribution is 9.10. The maximum Gasteiger partial charge on any atom is 0.335 e. The fourth-order valence-corrected chi connectivity index (χ4v) is 2.83. The highest BCUT2D eigenvalue weighted by Gasteiger charge is 2.36. The van der Waals surface area contributed by atoms with Gasteiger partial charge in [0.15, 0.2) is 0 Å². The molecule has 6 nitrogen and oxygen atoms in total. The van der Waals surface area contributed by atoms with E-state index in [2.05, 4.69) is 21.2 Å². The van der Waals surface area contributed by atoms with Gasteiger partial charge in [0, 0.05) is 10.0 Å². The third kappa shape index (κ3) is 3.36. The highest BCUT2D eigenvalue weighted by Crippen LogP contribution is 2.27. The summed E-state index contributed by atoms with van der Waals surface area (Å²) in [4.78, 5) is 37.8. The van der Waals surface area contributed by atoms with Crippen LogP contribution in [0.25, 0.3) is 6.08 Å². The molecule has 1 N–H and O–H groups in total. The lowest BCUT2D eigenvalue weighted by Gasteiger charge is -2.26. The Kier molecular flexibility index (Phi) is 4.85. The topological polar surface area (TPSA) is 75.7 Å². The number of ether oxygens (including phenoxy) is 1. The molecule has 4 amide bonds. The Labute approximate surface area is 156 Å². The average Bonchev–Trinajstić information content (AvgIpc) is 2.60. The molecule has 132 valence electrons. The number of carbonyl (C=O) groups is 3. The minimum absolute atomic E-state index is 0.147. The van der Waals surface area contributed by atoms with Crippen LogP contribution in [0.4, 0.5) is 14.9 Å². The van der Waals surface area contributed by atoms with Gasteiger partial charge >= 0.3 is 6.03 Å². The summed E-state index contributed by atoms with van der Waals surface area (Å²) in [6, 6.07) is 8.98. The van der Waals surface area contributed by atoms with Crippen LogP contribution in [-0.2, 0) is 9.59 Å². The number of hydrogen-bond donors (Lipinski definition) is 1. The second-order valence-corrected chi connectivity index (χ2v) is 6.24. The zero-order valence-electron chi connectivity index (χ0n) is 13.5. The van der Waals surface area contributed by atoms with Gasteiger partial charge < -0.3 is 4.74 Å². The summed E-state index contributed by atoms with van der Waals surface area (Å²) >= 11 is 3.32. The second kappa shape index (κ2) is 7.09. The molecule has 0 radical (unpaired) electrons. The van der Waals surface area contributed by atoms with E-state index in [1.54, 1.807) is 18.2 Å². The van der Waals surface area contributed by atoms with Crippen LogP contribution in [0.15, 0.2) is 52.5 Å². The highest BCUT2D eigenvalue weighted by atomic mass is 79.9. The number of anilines is 1. The predicted octanol–water partition coefficient (Wildman–Crippen LogP) is 3.26. The number of halogens is 2. The molecular formula is C18H12BrFN2O4. The molecule has 26 heavy (non-hydrogen) atoms. The number of carbonyl (C=O) groups excluding carboxylic acids is 3. The van der Waals surface area contributed by atoms with Crippen molar-refractivity contribution in [2.75, 3.05) is 12.0 Å². The lowest BCUT2D eigenvalue weighted by Crippen LogP contribution is -2.54. The molecule has 2 aromatic carbocycles. The average molecular weight is 419 g/mol. The predicted molar refractivity (Wildman–Crippen MR) is 96.1 cm³/mol. The van der Waals surface area contributed by atoms with Gasteiger partial charge in [-0.05, 0) is 48.5 Å². The molecule has 0 spiro atoms. The Bertz CT molecular complexity index is 941. The largest absolute Gasteiger partial charge is 0.496 e. The number of methoxy groups -OCH3 is 1. The number of nitrogens with one attached hydrogen (secondary N) is 1. The van der Waals surface area contributed by atoms with Gasteiger partial charge in [-0.3, -0.25) is 14.9 Å². The van der Waals surface area contributed by atoms with E-state index in [9.17, 15) is 18.8 Å². The zero-order valence-corrected chi connectivity index (χ0v) is 15.0. The van der Waals surface area contributed by atoms with Crippen LogP contribution >= 0.6 is 15.9 Å². The summed E-state index contributed by atoms with van der Waals surface area (Å²) in [6.07, 6.45) is 1.34. The Morgan fingerprint density at radius 1 is 1.12 bits per heavy atom. The standard InChI is InChI=1S/C18H12BrFN2O4/c1-26-15-7-2-11(19)8-10(15)9-14-16(23)21-18(25)22(17(14)24)13-5-3-12(20)4-6-13/h2-9H,1H3,(H,21,23,25). The molecule has 1 aliphatic heterocycles. The number of benzene rings is 2. The molecule has 0 aromatic heterocycles. The lowest BCUT2D eigenvalue weighted by atomic mass is 10.1. The van der Waals surface area contributed by atoms with Crippen LogP contribution in [0.2, 0.25) is 0 Å². The summed E-state index contributed by atoms with van der Waals surface area (Å²) in [5.41, 5.74) is 0.382. The molecule has 1 aliphatic rings. The molecule has 8 heteroatoms. The van der Waals surface area contributed by atoms with E-state index in [1.807, 2.05) is 0 Å². The first kappa shape index (κ1) is 17.8. The Balaban J connectivity index is 2.06. The first-order valence-corrected chi connectivity index (χ1v) is 8.20. The van der Waals surface area contributed by atoms with E-state index in [0.717, 1.165) is 21.5 Å². The van der Waals surface area contributed by atoms with Gasteiger partial charge in [0.25, 0.3) is 11.8 Å². The van der Waals surface area contributed by atoms with Gasteiger partial charge in [-0.2, -0.15) is 0 Å². The van der Waals surface area contributed by atoms with Crippen LogP contribution in [0.5, 0.6) is 5.75 Å². The number of rotatable bonds is 3. The summed E-state index contributed by atoms with van der Waals surface area (Å²) in [5.74, 6) is -1.69. The van der Waals surface area contributed by atoms with E-state index >= 15 is 0 Å². The van der Waals surface area contributed by atoms with Crippen molar-refractivity contribution < 1.29 is 23.5 Å². The number of hydrogen-bond acceptors (Lipinski definition) is 4. The van der Waals surface area contributed by atoms with Crippen molar-refractivity contribution >= 4 is 45.5 Å². The van der Waals surface area contributed by atoms with Gasteiger partial charge in [-0.25, -0.2) is 14.1 Å². The normalized spacial score (nSPS) is 16.0. The van der Waals surface area contributed by atoms with Crippen molar-refractivity contribution in [2.24, 2.45) is 0 Å². The molecule has 0 unspecified atom stereocenters. The van der Waals surface area contributed by atoms with Crippen LogP contribution in [0, 0.1) is 5.82 Å². The van der Waals surface area contributed by atoms with Gasteiger partial charge in [0.1, 0.15) is 17.1 Å². The van der Waals surface area contributed by atoms with E-state index in [-0.39, 0.29) is 11.3 Å². The van der Waals surface area contributed by atoms with Gasteiger partial charge in [-0.1, -0.05) is 15.9 Å². The van der Waals surface area contributed by atoms with Crippen LogP contribution in [0.1, 0.15) is 5.56 Å². The molecule has 2 aromatic rings. The molecular weight excluding hydrogens is 407 g/mol. The van der Waals surface area contributed by atoms with Crippen LogP contribution < -0.4 is 15.0 Å². The Hall–Kier alpha value is -3.00. The number of nitrogens with zero attached hydrogens (tertiary/aromatic N) is 1. The molecule has 3 rings (SSSR count). The van der Waals surface area contributed by atoms with Crippen molar-refractivity contribution in [2.45, 2.75) is 0 Å². The van der Waals surface area contributed by atoms with Crippen molar-refractivity contribution in [3.05, 3.63) is 63.9 Å². The maximum absolute atomic E-state index is 13.1. The van der Waals surface area contributed by atoms with Gasteiger partial charge in [0.05, 0.1) is 12.8 Å². The molecule has 1 fully saturated rings. The first-order chi connectivity index (χ1) is 12.4. The van der Waals surface area contributed by atoms with E-state index < -0.39 is 23.7 Å². The second-order valence-electron chi connectivity index (χ2n) is 5.32. The van der Waals surface area contributed by atoms with E-state index in [0.29, 0.717) is 11.3 Å². The SMILES string of the molecule is COc1ccc(Br)cc1C=C1C(=O)NC(=O)N(c2ccc(F)cc2)C1=O. The molecule has 0 atom stereocenters. The van der Waals surface area contributed by atoms with Crippen molar-refractivity contribution in [1.29, 1.82) is 0 Å². The van der Waals surface area contributed by atoms with Crippen molar-refractivity contribution in [3.63, 3.8) is 0 Å². The fraction of sp³-hybridized carbons (Fsp3) is 0.0556. The zero-order chi connectivity index (χ0) is 18.8. The number of amides is 4. The molecule has 0 bridgehead atoms. The summed E-state index contributed by atoms with van der Waals surface area (Å²) in [5, 5.41) is 2.11. The molecule has 0 aliphatic carbocycles. The fourth-order valence-electron chi connectivity index (χ4n) is 2.46. The summed E-state index contributed by atoms with van der Waals surface area (Å²) in [6.45, 7) is 0. The van der Waals surface area contributed by atoms with Crippen LogP contribution in [0.3, 0.4) is 0 Å². The quantitative estimate of drug-likeness (QED) is 0.612. The summed E-state index contributed by atoms with van der Waals surface area (Å²) < 4.78 is 19.1. The van der Waals surface area contributed by atoms with E-state index in [1.165, 1.54) is 25.3 Å². The van der Waals surface area contributed by atoms with Crippen molar-refractivity contribution in [3.8, 4) is 5.75 Å². The minimum atomic E-state index is -0.898. The monoisotopic (exact) mass is 418 g/mol. The van der Waals surface area contributed by atoms with Crippen LogP contribution in [-0.4, -0.2) is 25.0 Å². The van der Waals surface area contributed by atoms with Gasteiger partial charge in [0.2, 0.25) is 0 Å². The number of urea groups is 1. The lowest BCUT2D eigenvalue weighted by molar-refractivity contribution is -0.122. The van der Waals surface area contributed by atoms with Crippen molar-refractivity contribution in [1.82, 2.24) is 5.32 Å².